The lowest BCUT2D eigenvalue weighted by atomic mass is 10.0. The number of carboxylic acids is 1. The molecule has 1 N–H and O–H groups in total. The number of aromatic nitrogens is 1. The van der Waals surface area contributed by atoms with Crippen LogP contribution in [-0.4, -0.2) is 16.1 Å². The third-order valence-corrected chi connectivity index (χ3v) is 2.68. The number of hydrogen-bond acceptors (Lipinski definition) is 2. The van der Waals surface area contributed by atoms with E-state index >= 15 is 0 Å². The van der Waals surface area contributed by atoms with Crippen LogP contribution in [0.4, 0.5) is 0 Å². The molecule has 0 bridgehead atoms. The van der Waals surface area contributed by atoms with Crippen LogP contribution in [0.3, 0.4) is 0 Å². The summed E-state index contributed by atoms with van der Waals surface area (Å²) >= 11 is 11.5. The van der Waals surface area contributed by atoms with Crippen LogP contribution in [0.5, 0.6) is 0 Å². The first kappa shape index (κ1) is 11.3. The average molecular weight is 234 g/mol. The Morgan fingerprint density at radius 1 is 1.43 bits per heavy atom. The van der Waals surface area contributed by atoms with Gasteiger partial charge in [0.25, 0.3) is 0 Å². The van der Waals surface area contributed by atoms with Crippen LogP contribution in [0.25, 0.3) is 0 Å². The lowest BCUT2D eigenvalue weighted by molar-refractivity contribution is 0.0695. The Balaban J connectivity index is 3.56. The van der Waals surface area contributed by atoms with Crippen molar-refractivity contribution >= 4 is 29.2 Å². The smallest absolute Gasteiger partial charge is 0.336 e. The Bertz CT molecular complexity index is 391. The molecule has 0 radical (unpaired) electrons. The molecule has 3 nitrogen and oxygen atoms in total. The van der Waals surface area contributed by atoms with E-state index < -0.39 is 5.97 Å². The fourth-order valence-corrected chi connectivity index (χ4v) is 1.82. The van der Waals surface area contributed by atoms with Crippen molar-refractivity contribution in [1.29, 1.82) is 0 Å². The Morgan fingerprint density at radius 2 is 2.00 bits per heavy atom. The summed E-state index contributed by atoms with van der Waals surface area (Å²) in [6.45, 7) is 3.44. The van der Waals surface area contributed by atoms with Crippen LogP contribution in [0.1, 0.15) is 28.4 Å². The van der Waals surface area contributed by atoms with Gasteiger partial charge in [-0.25, -0.2) is 9.78 Å². The number of rotatable bonds is 2. The average Bonchev–Trinajstić information content (AvgIpc) is 2.10. The maximum absolute atomic E-state index is 11.0. The number of halogens is 2. The zero-order valence-corrected chi connectivity index (χ0v) is 9.28. The lowest BCUT2D eigenvalue weighted by Gasteiger charge is -2.09. The van der Waals surface area contributed by atoms with Crippen molar-refractivity contribution in [1.82, 2.24) is 4.98 Å². The molecule has 0 saturated heterocycles. The van der Waals surface area contributed by atoms with Gasteiger partial charge in [-0.3, -0.25) is 0 Å². The second-order valence-electron chi connectivity index (χ2n) is 2.83. The van der Waals surface area contributed by atoms with Gasteiger partial charge in [-0.1, -0.05) is 30.1 Å². The predicted molar refractivity (Wildman–Crippen MR) is 55.3 cm³/mol. The first-order valence-electron chi connectivity index (χ1n) is 4.06. The molecule has 0 aliphatic carbocycles. The van der Waals surface area contributed by atoms with Crippen LogP contribution in [0, 0.1) is 6.92 Å². The molecule has 14 heavy (non-hydrogen) atoms. The van der Waals surface area contributed by atoms with Gasteiger partial charge >= 0.3 is 5.97 Å². The first-order valence-corrected chi connectivity index (χ1v) is 4.82. The standard InChI is InChI=1S/C9H9Cl2NO2/c1-3-5-6(9(13)14)4(2)7(10)12-8(5)11/h3H2,1-2H3,(H,13,14). The van der Waals surface area contributed by atoms with Crippen LogP contribution >= 0.6 is 23.2 Å². The molecular formula is C9H9Cl2NO2. The van der Waals surface area contributed by atoms with Gasteiger partial charge in [0, 0.05) is 11.1 Å². The minimum absolute atomic E-state index is 0.143. The SMILES string of the molecule is CCc1c(Cl)nc(Cl)c(C)c1C(=O)O. The zero-order valence-electron chi connectivity index (χ0n) is 7.77. The van der Waals surface area contributed by atoms with E-state index in [0.717, 1.165) is 0 Å². The van der Waals surface area contributed by atoms with Gasteiger partial charge in [0.2, 0.25) is 0 Å². The summed E-state index contributed by atoms with van der Waals surface area (Å²) in [4.78, 5) is 14.8. The number of carboxylic acid groups (broad SMARTS) is 1. The highest BCUT2D eigenvalue weighted by Gasteiger charge is 2.18. The highest BCUT2D eigenvalue weighted by Crippen LogP contribution is 2.26. The number of aromatic carboxylic acids is 1. The van der Waals surface area contributed by atoms with Crippen LogP contribution in [0.2, 0.25) is 10.3 Å². The number of nitrogens with zero attached hydrogens (tertiary/aromatic N) is 1. The lowest BCUT2D eigenvalue weighted by Crippen LogP contribution is -2.07. The third-order valence-electron chi connectivity index (χ3n) is 2.00. The molecule has 0 aliphatic heterocycles. The van der Waals surface area contributed by atoms with E-state index in [-0.39, 0.29) is 15.9 Å². The molecule has 1 aromatic rings. The fraction of sp³-hybridized carbons (Fsp3) is 0.333. The number of carbonyl (C=O) groups is 1. The van der Waals surface area contributed by atoms with E-state index in [1.54, 1.807) is 6.92 Å². The Hall–Kier alpha value is -0.800. The van der Waals surface area contributed by atoms with Crippen molar-refractivity contribution in [2.45, 2.75) is 20.3 Å². The van der Waals surface area contributed by atoms with E-state index in [0.29, 0.717) is 17.5 Å². The largest absolute Gasteiger partial charge is 0.478 e. The Labute approximate surface area is 91.7 Å². The van der Waals surface area contributed by atoms with Gasteiger partial charge in [-0.05, 0) is 13.3 Å². The molecule has 1 rings (SSSR count). The van der Waals surface area contributed by atoms with E-state index in [1.807, 2.05) is 6.92 Å². The van der Waals surface area contributed by atoms with E-state index in [4.69, 9.17) is 28.3 Å². The molecule has 0 spiro atoms. The minimum atomic E-state index is -1.02. The second-order valence-corrected chi connectivity index (χ2v) is 3.55. The van der Waals surface area contributed by atoms with Gasteiger partial charge < -0.3 is 5.11 Å². The zero-order chi connectivity index (χ0) is 10.9. The molecule has 0 amide bonds. The molecule has 0 aromatic carbocycles. The van der Waals surface area contributed by atoms with Crippen molar-refractivity contribution in [3.63, 3.8) is 0 Å². The molecule has 1 aromatic heterocycles. The Morgan fingerprint density at radius 3 is 2.43 bits per heavy atom. The Kier molecular flexibility index (Phi) is 3.34. The van der Waals surface area contributed by atoms with Crippen LogP contribution in [0.15, 0.2) is 0 Å². The normalized spacial score (nSPS) is 10.3. The summed E-state index contributed by atoms with van der Waals surface area (Å²) in [5.74, 6) is -1.02. The van der Waals surface area contributed by atoms with Crippen molar-refractivity contribution in [2.75, 3.05) is 0 Å². The van der Waals surface area contributed by atoms with Crippen LogP contribution in [-0.2, 0) is 6.42 Å². The van der Waals surface area contributed by atoms with Gasteiger partial charge in [0.15, 0.2) is 0 Å². The summed E-state index contributed by atoms with van der Waals surface area (Å²) in [6.07, 6.45) is 0.519. The molecule has 0 aliphatic rings. The summed E-state index contributed by atoms with van der Waals surface area (Å²) in [5.41, 5.74) is 1.15. The van der Waals surface area contributed by atoms with E-state index in [1.165, 1.54) is 0 Å². The predicted octanol–water partition coefficient (Wildman–Crippen LogP) is 2.96. The highest BCUT2D eigenvalue weighted by atomic mass is 35.5. The minimum Gasteiger partial charge on any atom is -0.478 e. The third kappa shape index (κ3) is 1.83. The molecule has 0 unspecified atom stereocenters. The molecular weight excluding hydrogens is 225 g/mol. The molecule has 5 heteroatoms. The molecule has 1 heterocycles. The fourth-order valence-electron chi connectivity index (χ4n) is 1.28. The van der Waals surface area contributed by atoms with E-state index in [9.17, 15) is 4.79 Å². The molecule has 76 valence electrons. The van der Waals surface area contributed by atoms with Crippen molar-refractivity contribution < 1.29 is 9.90 Å². The quantitative estimate of drug-likeness (QED) is 0.800. The summed E-state index contributed by atoms with van der Waals surface area (Å²) in [5, 5.41) is 9.29. The van der Waals surface area contributed by atoms with Crippen molar-refractivity contribution in [3.8, 4) is 0 Å². The van der Waals surface area contributed by atoms with Crippen molar-refractivity contribution in [3.05, 3.63) is 27.0 Å². The second kappa shape index (κ2) is 4.15. The maximum atomic E-state index is 11.0. The van der Waals surface area contributed by atoms with E-state index in [2.05, 4.69) is 4.98 Å². The van der Waals surface area contributed by atoms with Gasteiger partial charge in [0.05, 0.1) is 5.56 Å². The van der Waals surface area contributed by atoms with Gasteiger partial charge in [-0.2, -0.15) is 0 Å². The van der Waals surface area contributed by atoms with Gasteiger partial charge in [-0.15, -0.1) is 0 Å². The molecule has 0 atom stereocenters. The first-order chi connectivity index (χ1) is 6.49. The summed E-state index contributed by atoms with van der Waals surface area (Å²) < 4.78 is 0. The molecule has 0 saturated carbocycles. The van der Waals surface area contributed by atoms with Crippen LogP contribution < -0.4 is 0 Å². The van der Waals surface area contributed by atoms with Crippen molar-refractivity contribution in [2.24, 2.45) is 0 Å². The van der Waals surface area contributed by atoms with Gasteiger partial charge in [0.1, 0.15) is 10.3 Å². The topological polar surface area (TPSA) is 50.2 Å². The maximum Gasteiger partial charge on any atom is 0.336 e. The summed E-state index contributed by atoms with van der Waals surface area (Å²) in [6, 6.07) is 0. The molecule has 0 fully saturated rings. The highest BCUT2D eigenvalue weighted by molar-refractivity contribution is 6.34. The summed E-state index contributed by atoms with van der Waals surface area (Å²) in [7, 11) is 0. The number of hydrogen-bond donors (Lipinski definition) is 1. The monoisotopic (exact) mass is 233 g/mol. The number of pyridine rings is 1.